The van der Waals surface area contributed by atoms with E-state index in [0.717, 1.165) is 0 Å². The second kappa shape index (κ2) is 4.95. The Kier molecular flexibility index (Phi) is 4.19. The minimum atomic E-state index is -0.435. The van der Waals surface area contributed by atoms with E-state index >= 15 is 0 Å². The van der Waals surface area contributed by atoms with E-state index in [1.165, 1.54) is 0 Å². The van der Waals surface area contributed by atoms with E-state index in [0.29, 0.717) is 6.61 Å². The molecule has 4 unspecified atom stereocenters. The van der Waals surface area contributed by atoms with Crippen molar-refractivity contribution in [3.05, 3.63) is 0 Å². The van der Waals surface area contributed by atoms with Crippen molar-refractivity contribution in [1.29, 1.82) is 0 Å². The van der Waals surface area contributed by atoms with Crippen LogP contribution in [0.25, 0.3) is 0 Å². The van der Waals surface area contributed by atoms with Gasteiger partial charge in [-0.15, -0.1) is 0 Å². The van der Waals surface area contributed by atoms with E-state index in [4.69, 9.17) is 26.8 Å². The quantitative estimate of drug-likeness (QED) is 0.557. The smallest absolute Gasteiger partial charge is 0.113 e. The SMILES string of the molecule is [B]C1OC(COC)C(OC)C1OC. The molecule has 0 aromatic rings. The first kappa shape index (κ1) is 11.0. The number of ether oxygens (including phenoxy) is 4. The zero-order valence-electron chi connectivity index (χ0n) is 8.23. The molecule has 0 N–H and O–H groups in total. The highest BCUT2D eigenvalue weighted by Crippen LogP contribution is 2.24. The molecular formula is C8H15BO4. The molecule has 1 rings (SSSR count). The monoisotopic (exact) mass is 186 g/mol. The van der Waals surface area contributed by atoms with Crippen LogP contribution in [0, 0.1) is 0 Å². The predicted octanol–water partition coefficient (Wildman–Crippen LogP) is -0.444. The zero-order chi connectivity index (χ0) is 9.84. The van der Waals surface area contributed by atoms with Crippen LogP contribution in [-0.2, 0) is 18.9 Å². The van der Waals surface area contributed by atoms with Crippen LogP contribution in [0.15, 0.2) is 0 Å². The summed E-state index contributed by atoms with van der Waals surface area (Å²) < 4.78 is 20.8. The Labute approximate surface area is 79.9 Å². The predicted molar refractivity (Wildman–Crippen MR) is 47.9 cm³/mol. The highest BCUT2D eigenvalue weighted by molar-refractivity contribution is 6.11. The third-order valence-corrected chi connectivity index (χ3v) is 2.22. The highest BCUT2D eigenvalue weighted by Gasteiger charge is 2.42. The lowest BCUT2D eigenvalue weighted by Crippen LogP contribution is -2.37. The van der Waals surface area contributed by atoms with Crippen LogP contribution < -0.4 is 0 Å². The molecule has 2 radical (unpaired) electrons. The largest absolute Gasteiger partial charge is 0.382 e. The third-order valence-electron chi connectivity index (χ3n) is 2.22. The van der Waals surface area contributed by atoms with Crippen molar-refractivity contribution in [3.8, 4) is 0 Å². The van der Waals surface area contributed by atoms with E-state index in [1.807, 2.05) is 0 Å². The van der Waals surface area contributed by atoms with Crippen molar-refractivity contribution in [2.75, 3.05) is 27.9 Å². The lowest BCUT2D eigenvalue weighted by molar-refractivity contribution is -0.0463. The van der Waals surface area contributed by atoms with Crippen molar-refractivity contribution in [2.45, 2.75) is 24.3 Å². The van der Waals surface area contributed by atoms with Gasteiger partial charge in [0.1, 0.15) is 26.2 Å². The summed E-state index contributed by atoms with van der Waals surface area (Å²) in [5.41, 5.74) is 0. The van der Waals surface area contributed by atoms with Crippen LogP contribution >= 0.6 is 0 Å². The Morgan fingerprint density at radius 3 is 2.23 bits per heavy atom. The summed E-state index contributed by atoms with van der Waals surface area (Å²) in [5, 5.41) is 0. The third kappa shape index (κ3) is 2.23. The maximum Gasteiger partial charge on any atom is 0.113 e. The number of hydrogen-bond donors (Lipinski definition) is 0. The van der Waals surface area contributed by atoms with Crippen molar-refractivity contribution in [2.24, 2.45) is 0 Å². The van der Waals surface area contributed by atoms with Gasteiger partial charge in [0.2, 0.25) is 0 Å². The number of rotatable bonds is 4. The standard InChI is InChI=1S/C8H15BO4/c1-10-4-5-6(11-2)7(12-3)8(9)13-5/h5-8H,4H2,1-3H3. The fourth-order valence-electron chi connectivity index (χ4n) is 1.61. The summed E-state index contributed by atoms with van der Waals surface area (Å²) in [6, 6.07) is -0.435. The van der Waals surface area contributed by atoms with E-state index in [2.05, 4.69) is 0 Å². The van der Waals surface area contributed by atoms with Gasteiger partial charge in [-0.05, 0) is 0 Å². The van der Waals surface area contributed by atoms with Crippen molar-refractivity contribution < 1.29 is 18.9 Å². The molecule has 0 aliphatic carbocycles. The lowest BCUT2D eigenvalue weighted by Gasteiger charge is -2.20. The molecule has 13 heavy (non-hydrogen) atoms. The van der Waals surface area contributed by atoms with Gasteiger partial charge in [0, 0.05) is 27.3 Å². The molecule has 4 atom stereocenters. The van der Waals surface area contributed by atoms with Gasteiger partial charge in [-0.3, -0.25) is 0 Å². The molecule has 1 heterocycles. The van der Waals surface area contributed by atoms with Crippen LogP contribution in [-0.4, -0.2) is 60.1 Å². The van der Waals surface area contributed by atoms with Gasteiger partial charge in [0.25, 0.3) is 0 Å². The molecule has 4 nitrogen and oxygen atoms in total. The van der Waals surface area contributed by atoms with E-state index in [-0.39, 0.29) is 18.3 Å². The highest BCUT2D eigenvalue weighted by atomic mass is 16.6. The average Bonchev–Trinajstić information content (AvgIpc) is 2.41. The zero-order valence-corrected chi connectivity index (χ0v) is 8.23. The van der Waals surface area contributed by atoms with Crippen molar-refractivity contribution >= 4 is 7.85 Å². The maximum absolute atomic E-state index is 5.69. The second-order valence-electron chi connectivity index (χ2n) is 3.00. The first-order chi connectivity index (χ1) is 6.24. The van der Waals surface area contributed by atoms with Crippen LogP contribution in [0.2, 0.25) is 0 Å². The summed E-state index contributed by atoms with van der Waals surface area (Å²) in [6.45, 7) is 0.464. The summed E-state index contributed by atoms with van der Waals surface area (Å²) in [5.74, 6) is 0. The molecule has 0 spiro atoms. The first-order valence-electron chi connectivity index (χ1n) is 4.20. The molecule has 1 fully saturated rings. The molecule has 1 aliphatic heterocycles. The Hall–Kier alpha value is -0.0951. The summed E-state index contributed by atoms with van der Waals surface area (Å²) in [7, 11) is 10.5. The fraction of sp³-hybridized carbons (Fsp3) is 1.00. The van der Waals surface area contributed by atoms with Gasteiger partial charge < -0.3 is 18.9 Å². The molecule has 0 aromatic carbocycles. The Morgan fingerprint density at radius 1 is 1.15 bits per heavy atom. The van der Waals surface area contributed by atoms with Gasteiger partial charge in [0.05, 0.1) is 6.61 Å². The summed E-state index contributed by atoms with van der Waals surface area (Å²) >= 11 is 0. The first-order valence-corrected chi connectivity index (χ1v) is 4.20. The van der Waals surface area contributed by atoms with E-state index in [1.54, 1.807) is 21.3 Å². The topological polar surface area (TPSA) is 36.9 Å². The molecule has 0 bridgehead atoms. The van der Waals surface area contributed by atoms with Crippen LogP contribution in [0.4, 0.5) is 0 Å². The molecule has 74 valence electrons. The number of methoxy groups -OCH3 is 3. The molecule has 1 saturated heterocycles. The molecule has 0 aromatic heterocycles. The van der Waals surface area contributed by atoms with Gasteiger partial charge in [0.15, 0.2) is 0 Å². The normalized spacial score (nSPS) is 39.6. The van der Waals surface area contributed by atoms with Gasteiger partial charge >= 0.3 is 0 Å². The lowest BCUT2D eigenvalue weighted by atomic mass is 9.93. The minimum absolute atomic E-state index is 0.144. The minimum Gasteiger partial charge on any atom is -0.382 e. The average molecular weight is 186 g/mol. The van der Waals surface area contributed by atoms with Crippen molar-refractivity contribution in [1.82, 2.24) is 0 Å². The van der Waals surface area contributed by atoms with Gasteiger partial charge in [-0.25, -0.2) is 0 Å². The Morgan fingerprint density at radius 2 is 1.77 bits per heavy atom. The van der Waals surface area contributed by atoms with E-state index < -0.39 is 6.00 Å². The Bertz CT molecular complexity index is 155. The fourth-order valence-corrected chi connectivity index (χ4v) is 1.61. The Balaban J connectivity index is 2.57. The van der Waals surface area contributed by atoms with Crippen LogP contribution in [0.5, 0.6) is 0 Å². The molecule has 1 aliphatic rings. The van der Waals surface area contributed by atoms with Gasteiger partial charge in [-0.1, -0.05) is 0 Å². The number of hydrogen-bond acceptors (Lipinski definition) is 4. The molecule has 0 amide bonds. The molecule has 5 heteroatoms. The maximum atomic E-state index is 5.69. The summed E-state index contributed by atoms with van der Waals surface area (Å²) in [6.07, 6.45) is -0.514. The van der Waals surface area contributed by atoms with E-state index in [9.17, 15) is 0 Å². The van der Waals surface area contributed by atoms with Crippen LogP contribution in [0.1, 0.15) is 0 Å². The van der Waals surface area contributed by atoms with Crippen LogP contribution in [0.3, 0.4) is 0 Å². The molecule has 0 saturated carbocycles. The summed E-state index contributed by atoms with van der Waals surface area (Å²) in [4.78, 5) is 0. The molecular weight excluding hydrogens is 171 g/mol. The van der Waals surface area contributed by atoms with Crippen molar-refractivity contribution in [3.63, 3.8) is 0 Å². The second-order valence-corrected chi connectivity index (χ2v) is 3.00. The van der Waals surface area contributed by atoms with Gasteiger partial charge in [-0.2, -0.15) is 0 Å².